The van der Waals surface area contributed by atoms with Crippen molar-refractivity contribution in [2.75, 3.05) is 6.61 Å². The molecule has 0 radical (unpaired) electrons. The van der Waals surface area contributed by atoms with Crippen molar-refractivity contribution in [2.24, 2.45) is 0 Å². The molecule has 3 rings (SSSR count). The van der Waals surface area contributed by atoms with Crippen molar-refractivity contribution >= 4 is 22.6 Å². The maximum absolute atomic E-state index is 9.98. The number of nitrogens with zero attached hydrogens (tertiary/aromatic N) is 3. The van der Waals surface area contributed by atoms with E-state index in [0.29, 0.717) is 16.2 Å². The summed E-state index contributed by atoms with van der Waals surface area (Å²) in [6.07, 6.45) is -0.995. The number of aromatic nitrogens is 3. The molecule has 0 spiro atoms. The minimum absolute atomic E-state index is 0.301. The average molecular weight is 286 g/mol. The van der Waals surface area contributed by atoms with Crippen molar-refractivity contribution in [3.63, 3.8) is 0 Å². The predicted octanol–water partition coefficient (Wildman–Crippen LogP) is -0.304. The normalized spacial score (nSPS) is 31.2. The number of fused-ring (bicyclic) bond motifs is 1. The molecule has 1 aliphatic rings. The molecule has 1 unspecified atom stereocenters. The largest absolute Gasteiger partial charge is 0.394 e. The van der Waals surface area contributed by atoms with Crippen LogP contribution in [0.1, 0.15) is 6.23 Å². The fourth-order valence-electron chi connectivity index (χ4n) is 2.26. The molecule has 0 aliphatic carbocycles. The molecule has 3 N–H and O–H groups in total. The van der Waals surface area contributed by atoms with E-state index in [1.807, 2.05) is 0 Å². The van der Waals surface area contributed by atoms with Gasteiger partial charge in [0.25, 0.3) is 0 Å². The highest BCUT2D eigenvalue weighted by Crippen LogP contribution is 2.32. The highest BCUT2D eigenvalue weighted by atomic mass is 35.5. The van der Waals surface area contributed by atoms with Crippen molar-refractivity contribution in [3.8, 4) is 0 Å². The number of hydrogen-bond donors (Lipinski definition) is 3. The zero-order chi connectivity index (χ0) is 13.6. The van der Waals surface area contributed by atoms with E-state index in [9.17, 15) is 10.2 Å². The first-order valence-electron chi connectivity index (χ1n) is 5.73. The lowest BCUT2D eigenvalue weighted by atomic mass is 10.1. The van der Waals surface area contributed by atoms with Gasteiger partial charge >= 0.3 is 0 Å². The highest BCUT2D eigenvalue weighted by Gasteiger charge is 2.43. The van der Waals surface area contributed by atoms with E-state index < -0.39 is 24.5 Å². The molecule has 8 heteroatoms. The molecule has 2 aromatic rings. The second kappa shape index (κ2) is 4.69. The summed E-state index contributed by atoms with van der Waals surface area (Å²) in [7, 11) is 0. The lowest BCUT2D eigenvalue weighted by molar-refractivity contribution is -0.0508. The van der Waals surface area contributed by atoms with E-state index in [4.69, 9.17) is 21.4 Å². The minimum Gasteiger partial charge on any atom is -0.394 e. The van der Waals surface area contributed by atoms with Gasteiger partial charge in [-0.05, 0) is 6.07 Å². The molecule has 1 saturated heterocycles. The lowest BCUT2D eigenvalue weighted by Crippen LogP contribution is -2.33. The van der Waals surface area contributed by atoms with Gasteiger partial charge in [0, 0.05) is 6.20 Å². The Kier molecular flexibility index (Phi) is 3.15. The molecule has 4 atom stereocenters. The van der Waals surface area contributed by atoms with Gasteiger partial charge < -0.3 is 24.6 Å². The molecule has 0 saturated carbocycles. The third-order valence-electron chi connectivity index (χ3n) is 3.25. The molecule has 0 aromatic carbocycles. The molecular formula is C11H12ClN3O4. The van der Waals surface area contributed by atoms with Crippen LogP contribution in [0.15, 0.2) is 18.6 Å². The van der Waals surface area contributed by atoms with E-state index in [2.05, 4.69) is 9.97 Å². The summed E-state index contributed by atoms with van der Waals surface area (Å²) < 4.78 is 7.00. The van der Waals surface area contributed by atoms with Crippen LogP contribution >= 0.6 is 11.6 Å². The molecule has 0 amide bonds. The minimum atomic E-state index is -1.15. The first-order chi connectivity index (χ1) is 9.13. The molecule has 19 heavy (non-hydrogen) atoms. The van der Waals surface area contributed by atoms with E-state index in [1.54, 1.807) is 16.8 Å². The Balaban J connectivity index is 2.04. The summed E-state index contributed by atoms with van der Waals surface area (Å²) >= 11 is 5.94. The van der Waals surface area contributed by atoms with Gasteiger partial charge in [-0.1, -0.05) is 11.6 Å². The zero-order valence-electron chi connectivity index (χ0n) is 9.72. The van der Waals surface area contributed by atoms with E-state index in [-0.39, 0.29) is 6.61 Å². The third-order valence-corrected chi connectivity index (χ3v) is 3.55. The van der Waals surface area contributed by atoms with Crippen molar-refractivity contribution < 1.29 is 20.1 Å². The first kappa shape index (κ1) is 12.8. The van der Waals surface area contributed by atoms with Crippen LogP contribution in [0.4, 0.5) is 0 Å². The summed E-state index contributed by atoms with van der Waals surface area (Å²) in [6.45, 7) is -0.371. The van der Waals surface area contributed by atoms with Crippen LogP contribution < -0.4 is 0 Å². The number of rotatable bonds is 2. The van der Waals surface area contributed by atoms with Gasteiger partial charge in [0.1, 0.15) is 35.4 Å². The Bertz CT molecular complexity index is 605. The van der Waals surface area contributed by atoms with Gasteiger partial charge in [0.05, 0.1) is 12.0 Å². The van der Waals surface area contributed by atoms with E-state index in [1.165, 1.54) is 6.33 Å². The topological polar surface area (TPSA) is 101 Å². The third kappa shape index (κ3) is 1.90. The molecule has 0 bridgehead atoms. The quantitative estimate of drug-likeness (QED) is 0.655. The van der Waals surface area contributed by atoms with Crippen molar-refractivity contribution in [1.29, 1.82) is 0 Å². The second-order valence-corrected chi connectivity index (χ2v) is 4.71. The van der Waals surface area contributed by atoms with Crippen molar-refractivity contribution in [1.82, 2.24) is 14.5 Å². The van der Waals surface area contributed by atoms with E-state index in [0.717, 1.165) is 0 Å². The highest BCUT2D eigenvalue weighted by molar-refractivity contribution is 6.33. The Morgan fingerprint density at radius 1 is 1.32 bits per heavy atom. The smallest absolute Gasteiger partial charge is 0.164 e. The number of halogens is 1. The Morgan fingerprint density at radius 3 is 2.79 bits per heavy atom. The molecule has 7 nitrogen and oxygen atoms in total. The maximum atomic E-state index is 9.98. The van der Waals surface area contributed by atoms with Crippen molar-refractivity contribution in [2.45, 2.75) is 24.5 Å². The van der Waals surface area contributed by atoms with Gasteiger partial charge in [-0.25, -0.2) is 9.97 Å². The van der Waals surface area contributed by atoms with Crippen LogP contribution in [0.5, 0.6) is 0 Å². The number of aliphatic hydroxyl groups excluding tert-OH is 3. The molecule has 2 aromatic heterocycles. The molecule has 3 heterocycles. The fourth-order valence-corrected chi connectivity index (χ4v) is 2.45. The molecule has 1 aliphatic heterocycles. The first-order valence-corrected chi connectivity index (χ1v) is 6.10. The van der Waals surface area contributed by atoms with Gasteiger partial charge in [-0.2, -0.15) is 0 Å². The monoisotopic (exact) mass is 285 g/mol. The molecule has 1 fully saturated rings. The van der Waals surface area contributed by atoms with Gasteiger partial charge in [-0.15, -0.1) is 0 Å². The van der Waals surface area contributed by atoms with Crippen LogP contribution in [0, 0.1) is 0 Å². The Hall–Kier alpha value is -1.25. The Morgan fingerprint density at radius 2 is 2.11 bits per heavy atom. The lowest BCUT2D eigenvalue weighted by Gasteiger charge is -2.17. The SMILES string of the molecule is OC[C@H]1O[C@H](n2ccc3c(Cl)ncnc32)[C@@H](O)C1O. The standard InChI is InChI=1S/C11H12ClN3O4/c12-9-5-1-2-15(10(5)14-4-13-9)11-8(18)7(17)6(3-16)19-11/h1-2,4,6-8,11,16-18H,3H2/t6-,7?,8+,11+/m1/s1. The zero-order valence-corrected chi connectivity index (χ0v) is 10.5. The van der Waals surface area contributed by atoms with Gasteiger partial charge in [0.2, 0.25) is 0 Å². The molecular weight excluding hydrogens is 274 g/mol. The number of ether oxygens (including phenoxy) is 1. The van der Waals surface area contributed by atoms with E-state index >= 15 is 0 Å². The van der Waals surface area contributed by atoms with Gasteiger partial charge in [-0.3, -0.25) is 0 Å². The van der Waals surface area contributed by atoms with Crippen LogP contribution in [-0.4, -0.2) is 54.8 Å². The summed E-state index contributed by atoms with van der Waals surface area (Å²) in [6, 6.07) is 1.70. The van der Waals surface area contributed by atoms with Crippen LogP contribution in [-0.2, 0) is 4.74 Å². The Labute approximate surface area is 113 Å². The van der Waals surface area contributed by atoms with Crippen molar-refractivity contribution in [3.05, 3.63) is 23.7 Å². The second-order valence-electron chi connectivity index (χ2n) is 4.35. The number of aliphatic hydroxyl groups is 3. The fraction of sp³-hybridized carbons (Fsp3) is 0.455. The van der Waals surface area contributed by atoms with Gasteiger partial charge in [0.15, 0.2) is 6.23 Å². The number of hydrogen-bond acceptors (Lipinski definition) is 6. The van der Waals surface area contributed by atoms with Crippen LogP contribution in [0.2, 0.25) is 5.15 Å². The maximum Gasteiger partial charge on any atom is 0.164 e. The van der Waals surface area contributed by atoms with Crippen LogP contribution in [0.3, 0.4) is 0 Å². The summed E-state index contributed by atoms with van der Waals surface area (Å²) in [5, 5.41) is 29.7. The molecule has 102 valence electrons. The average Bonchev–Trinajstić information content (AvgIpc) is 2.94. The van der Waals surface area contributed by atoms with Crippen LogP contribution in [0.25, 0.3) is 11.0 Å². The predicted molar refractivity (Wildman–Crippen MR) is 65.5 cm³/mol. The summed E-state index contributed by atoms with van der Waals surface area (Å²) in [5.41, 5.74) is 0.495. The summed E-state index contributed by atoms with van der Waals surface area (Å²) in [4.78, 5) is 7.95. The summed E-state index contributed by atoms with van der Waals surface area (Å²) in [5.74, 6) is 0.